The average Bonchev–Trinajstić information content (AvgIpc) is 3.19. The van der Waals surface area contributed by atoms with Gasteiger partial charge in [0.15, 0.2) is 11.6 Å². The van der Waals surface area contributed by atoms with Gasteiger partial charge in [-0.15, -0.1) is 0 Å². The fourth-order valence-corrected chi connectivity index (χ4v) is 5.86. The third-order valence-electron chi connectivity index (χ3n) is 8.31. The molecule has 0 amide bonds. The molecule has 0 spiro atoms. The highest BCUT2D eigenvalue weighted by atomic mass is 14.9. The van der Waals surface area contributed by atoms with E-state index < -0.39 is 0 Å². The molecule has 0 saturated carbocycles. The number of hydrogen-bond acceptors (Lipinski definition) is 4. The Morgan fingerprint density at radius 1 is 0.208 bits per heavy atom. The first-order valence-electron chi connectivity index (χ1n) is 16.0. The lowest BCUT2D eigenvalue weighted by atomic mass is 10.00. The summed E-state index contributed by atoms with van der Waals surface area (Å²) in [6.07, 6.45) is 0. The molecule has 0 aliphatic heterocycles. The quantitative estimate of drug-likeness (QED) is 0.179. The monoisotopic (exact) mass is 614 g/mol. The molecule has 0 saturated heterocycles. The van der Waals surface area contributed by atoms with Crippen LogP contribution in [-0.2, 0) is 0 Å². The predicted octanol–water partition coefficient (Wildman–Crippen LogP) is 10.9. The van der Waals surface area contributed by atoms with E-state index >= 15 is 0 Å². The van der Waals surface area contributed by atoms with Gasteiger partial charge in [-0.2, -0.15) is 0 Å². The van der Waals surface area contributed by atoms with Gasteiger partial charge in [-0.1, -0.05) is 158 Å². The van der Waals surface area contributed by atoms with E-state index in [0.717, 1.165) is 67.3 Å². The Morgan fingerprint density at radius 3 is 0.750 bits per heavy atom. The fraction of sp³-hybridized carbons (Fsp3) is 0. The molecule has 0 unspecified atom stereocenters. The molecule has 0 radical (unpaired) electrons. The molecule has 0 N–H and O–H groups in total. The lowest BCUT2D eigenvalue weighted by molar-refractivity contribution is 1.18. The van der Waals surface area contributed by atoms with Gasteiger partial charge in [0.2, 0.25) is 0 Å². The van der Waals surface area contributed by atoms with Crippen LogP contribution >= 0.6 is 0 Å². The molecule has 8 rings (SSSR count). The van der Waals surface area contributed by atoms with Gasteiger partial charge in [-0.3, -0.25) is 0 Å². The summed E-state index contributed by atoms with van der Waals surface area (Å²) in [5.74, 6) is 1.36. The maximum Gasteiger partial charge on any atom is 0.160 e. The van der Waals surface area contributed by atoms with Gasteiger partial charge in [-0.05, 0) is 35.4 Å². The molecule has 2 heterocycles. The molecule has 4 heteroatoms. The Bertz CT molecular complexity index is 2040. The van der Waals surface area contributed by atoms with E-state index in [1.54, 1.807) is 0 Å². The van der Waals surface area contributed by atoms with Crippen molar-refractivity contribution in [3.05, 3.63) is 182 Å². The largest absolute Gasteiger partial charge is 0.228 e. The number of benzene rings is 6. The van der Waals surface area contributed by atoms with Crippen molar-refractivity contribution in [2.75, 3.05) is 0 Å². The Morgan fingerprint density at radius 2 is 0.458 bits per heavy atom. The summed E-state index contributed by atoms with van der Waals surface area (Å²) in [5.41, 5.74) is 11.8. The minimum Gasteiger partial charge on any atom is -0.228 e. The predicted molar refractivity (Wildman–Crippen MR) is 196 cm³/mol. The highest BCUT2D eigenvalue weighted by Gasteiger charge is 2.14. The van der Waals surface area contributed by atoms with Crippen molar-refractivity contribution in [2.24, 2.45) is 0 Å². The van der Waals surface area contributed by atoms with Crippen molar-refractivity contribution in [1.29, 1.82) is 0 Å². The molecule has 6 aromatic carbocycles. The van der Waals surface area contributed by atoms with Crippen LogP contribution in [0, 0.1) is 0 Å². The van der Waals surface area contributed by atoms with Crippen LogP contribution in [0.2, 0.25) is 0 Å². The van der Waals surface area contributed by atoms with E-state index in [4.69, 9.17) is 19.9 Å². The van der Waals surface area contributed by atoms with Crippen LogP contribution in [0.25, 0.3) is 78.9 Å². The van der Waals surface area contributed by atoms with E-state index in [9.17, 15) is 0 Å². The Labute approximate surface area is 280 Å². The van der Waals surface area contributed by atoms with E-state index in [0.29, 0.717) is 11.6 Å². The van der Waals surface area contributed by atoms with E-state index in [2.05, 4.69) is 109 Å². The number of aromatic nitrogens is 4. The first-order valence-corrected chi connectivity index (χ1v) is 16.0. The molecular weight excluding hydrogens is 585 g/mol. The maximum atomic E-state index is 5.05. The molecule has 48 heavy (non-hydrogen) atoms. The van der Waals surface area contributed by atoms with Gasteiger partial charge in [-0.25, -0.2) is 19.9 Å². The van der Waals surface area contributed by atoms with Gasteiger partial charge in [0.05, 0.1) is 22.8 Å². The molecule has 0 aliphatic rings. The minimum atomic E-state index is 0.680. The summed E-state index contributed by atoms with van der Waals surface area (Å²) in [6.45, 7) is 0. The maximum absolute atomic E-state index is 5.05. The van der Waals surface area contributed by atoms with Crippen LogP contribution in [-0.4, -0.2) is 19.9 Å². The third kappa shape index (κ3) is 6.15. The van der Waals surface area contributed by atoms with Gasteiger partial charge >= 0.3 is 0 Å². The molecule has 2 aromatic heterocycles. The van der Waals surface area contributed by atoms with Crippen LogP contribution < -0.4 is 0 Å². The average molecular weight is 615 g/mol. The SMILES string of the molecule is c1ccc(-c2cc(-c3ccccc3)nc(-c3cccc(-c4cccc(-c5nc(-c6ccccc6)cc(-c6ccccc6)n5)c4)c3)n2)cc1. The first kappa shape index (κ1) is 28.9. The van der Waals surface area contributed by atoms with Gasteiger partial charge in [0.1, 0.15) is 0 Å². The molecular formula is C44H30N4. The smallest absolute Gasteiger partial charge is 0.160 e. The zero-order valence-electron chi connectivity index (χ0n) is 26.1. The highest BCUT2D eigenvalue weighted by Crippen LogP contribution is 2.32. The first-order chi connectivity index (χ1) is 23.8. The van der Waals surface area contributed by atoms with E-state index in [1.807, 2.05) is 72.8 Å². The summed E-state index contributed by atoms with van der Waals surface area (Å²) in [5, 5.41) is 0. The molecule has 8 aromatic rings. The highest BCUT2D eigenvalue weighted by molar-refractivity contribution is 5.78. The summed E-state index contributed by atoms with van der Waals surface area (Å²) in [4.78, 5) is 20.2. The van der Waals surface area contributed by atoms with Crippen LogP contribution in [0.15, 0.2) is 182 Å². The normalized spacial score (nSPS) is 10.9. The minimum absolute atomic E-state index is 0.680. The van der Waals surface area contributed by atoms with Gasteiger partial charge < -0.3 is 0 Å². The van der Waals surface area contributed by atoms with Crippen LogP contribution in [0.5, 0.6) is 0 Å². The number of nitrogens with zero attached hydrogens (tertiary/aromatic N) is 4. The number of rotatable bonds is 7. The molecule has 0 atom stereocenters. The van der Waals surface area contributed by atoms with Crippen molar-refractivity contribution >= 4 is 0 Å². The Balaban J connectivity index is 1.21. The zero-order valence-corrected chi connectivity index (χ0v) is 26.1. The topological polar surface area (TPSA) is 51.6 Å². The second kappa shape index (κ2) is 13.1. The fourth-order valence-electron chi connectivity index (χ4n) is 5.86. The molecule has 0 aliphatic carbocycles. The Hall–Kier alpha value is -6.52. The van der Waals surface area contributed by atoms with Crippen molar-refractivity contribution < 1.29 is 0 Å². The second-order valence-corrected chi connectivity index (χ2v) is 11.5. The van der Waals surface area contributed by atoms with Crippen molar-refractivity contribution in [3.8, 4) is 78.9 Å². The summed E-state index contributed by atoms with van der Waals surface area (Å²) >= 11 is 0. The Kier molecular flexibility index (Phi) is 7.87. The molecule has 0 fully saturated rings. The lowest BCUT2D eigenvalue weighted by Crippen LogP contribution is -1.96. The van der Waals surface area contributed by atoms with Gasteiger partial charge in [0, 0.05) is 33.4 Å². The van der Waals surface area contributed by atoms with Crippen molar-refractivity contribution in [3.63, 3.8) is 0 Å². The second-order valence-electron chi connectivity index (χ2n) is 11.5. The number of hydrogen-bond donors (Lipinski definition) is 0. The van der Waals surface area contributed by atoms with E-state index in [1.165, 1.54) is 0 Å². The van der Waals surface area contributed by atoms with Crippen molar-refractivity contribution in [1.82, 2.24) is 19.9 Å². The van der Waals surface area contributed by atoms with Crippen molar-refractivity contribution in [2.45, 2.75) is 0 Å². The van der Waals surface area contributed by atoms with Gasteiger partial charge in [0.25, 0.3) is 0 Å². The van der Waals surface area contributed by atoms with Crippen LogP contribution in [0.3, 0.4) is 0 Å². The summed E-state index contributed by atoms with van der Waals surface area (Å²) < 4.78 is 0. The van der Waals surface area contributed by atoms with Crippen LogP contribution in [0.4, 0.5) is 0 Å². The summed E-state index contributed by atoms with van der Waals surface area (Å²) in [6, 6.07) is 62.0. The van der Waals surface area contributed by atoms with E-state index in [-0.39, 0.29) is 0 Å². The molecule has 4 nitrogen and oxygen atoms in total. The summed E-state index contributed by atoms with van der Waals surface area (Å²) in [7, 11) is 0. The standard InChI is InChI=1S/C44H30N4/c1-5-15-31(16-6-1)39-29-40(32-17-7-2-8-18-32)46-43(45-39)37-25-13-23-35(27-37)36-24-14-26-38(28-36)44-47-41(33-19-9-3-10-20-33)30-42(48-44)34-21-11-4-12-22-34/h1-30H. The zero-order chi connectivity index (χ0) is 32.1. The third-order valence-corrected chi connectivity index (χ3v) is 8.31. The van der Waals surface area contributed by atoms with Crippen LogP contribution in [0.1, 0.15) is 0 Å². The lowest BCUT2D eigenvalue weighted by Gasteiger charge is -2.12. The molecule has 0 bridgehead atoms. The molecule has 226 valence electrons.